The summed E-state index contributed by atoms with van der Waals surface area (Å²) in [6.45, 7) is 2.06. The van der Waals surface area contributed by atoms with Crippen LogP contribution in [-0.4, -0.2) is 24.4 Å². The van der Waals surface area contributed by atoms with E-state index in [-0.39, 0.29) is 34.2 Å². The van der Waals surface area contributed by atoms with Crippen molar-refractivity contribution in [2.45, 2.75) is 37.0 Å². The van der Waals surface area contributed by atoms with Crippen LogP contribution in [0.25, 0.3) is 10.9 Å². The Morgan fingerprint density at radius 3 is 2.63 bits per heavy atom. The van der Waals surface area contributed by atoms with Crippen LogP contribution in [0.3, 0.4) is 0 Å². The van der Waals surface area contributed by atoms with Gasteiger partial charge in [-0.05, 0) is 55.3 Å². The summed E-state index contributed by atoms with van der Waals surface area (Å²) in [6.07, 6.45) is -3.99. The van der Waals surface area contributed by atoms with E-state index in [9.17, 15) is 26.4 Å². The number of aromatic amines is 1. The first-order valence-electron chi connectivity index (χ1n) is 8.96. The molecular weight excluding hydrogens is 421 g/mol. The first-order valence-corrected chi connectivity index (χ1v) is 10.5. The van der Waals surface area contributed by atoms with Gasteiger partial charge >= 0.3 is 6.18 Å². The topological polar surface area (TPSA) is 109 Å². The molecule has 2 aromatic carbocycles. The highest BCUT2D eigenvalue weighted by Gasteiger charge is 2.31. The lowest BCUT2D eigenvalue weighted by Crippen LogP contribution is -2.30. The van der Waals surface area contributed by atoms with Crippen LogP contribution >= 0.6 is 0 Å². The van der Waals surface area contributed by atoms with Crippen molar-refractivity contribution in [3.05, 3.63) is 63.7 Å². The van der Waals surface area contributed by atoms with Crippen molar-refractivity contribution in [1.82, 2.24) is 9.97 Å². The molecule has 1 aliphatic heterocycles. The molecule has 11 heteroatoms. The molecule has 7 nitrogen and oxygen atoms in total. The van der Waals surface area contributed by atoms with Gasteiger partial charge in [0.2, 0.25) is 10.0 Å². The number of nitrogens with zero attached hydrogens (tertiary/aromatic N) is 2. The van der Waals surface area contributed by atoms with Gasteiger partial charge in [0.1, 0.15) is 5.82 Å². The zero-order chi connectivity index (χ0) is 21.8. The fourth-order valence-corrected chi connectivity index (χ4v) is 4.25. The number of hydrogen-bond acceptors (Lipinski definition) is 5. The van der Waals surface area contributed by atoms with E-state index >= 15 is 0 Å². The second kappa shape index (κ2) is 6.81. The largest absolute Gasteiger partial charge is 0.416 e. The third-order valence-corrected chi connectivity index (χ3v) is 6.05. The van der Waals surface area contributed by atoms with Gasteiger partial charge in [0.05, 0.1) is 27.9 Å². The Morgan fingerprint density at radius 2 is 1.97 bits per heavy atom. The van der Waals surface area contributed by atoms with Crippen LogP contribution in [-0.2, 0) is 29.2 Å². The predicted octanol–water partition coefficient (Wildman–Crippen LogP) is 2.54. The number of nitrogens with two attached hydrogens (primary N) is 1. The molecule has 0 spiro atoms. The molecule has 158 valence electrons. The molecule has 0 saturated carbocycles. The summed E-state index contributed by atoms with van der Waals surface area (Å²) in [5.74, 6) is 0.210. The van der Waals surface area contributed by atoms with Gasteiger partial charge < -0.3 is 9.88 Å². The van der Waals surface area contributed by atoms with Crippen molar-refractivity contribution in [1.29, 1.82) is 0 Å². The molecule has 0 aliphatic carbocycles. The first-order chi connectivity index (χ1) is 13.9. The number of nitrogens with one attached hydrogen (secondary N) is 1. The second-order valence-electron chi connectivity index (χ2n) is 7.26. The van der Waals surface area contributed by atoms with E-state index in [1.807, 2.05) is 11.8 Å². The van der Waals surface area contributed by atoms with Crippen LogP contribution in [0, 0.1) is 0 Å². The highest BCUT2D eigenvalue weighted by atomic mass is 32.2. The molecule has 1 aliphatic rings. The first kappa shape index (κ1) is 20.4. The maximum atomic E-state index is 13.0. The van der Waals surface area contributed by atoms with Gasteiger partial charge in [-0.1, -0.05) is 0 Å². The molecule has 3 N–H and O–H groups in total. The van der Waals surface area contributed by atoms with Crippen LogP contribution < -0.4 is 15.6 Å². The Bertz CT molecular complexity index is 1320. The van der Waals surface area contributed by atoms with Crippen LogP contribution in [0.1, 0.15) is 23.9 Å². The number of alkyl halides is 3. The number of benzene rings is 2. The lowest BCUT2D eigenvalue weighted by atomic mass is 10.1. The number of anilines is 1. The van der Waals surface area contributed by atoms with Gasteiger partial charge in [0.25, 0.3) is 5.56 Å². The van der Waals surface area contributed by atoms with Crippen LogP contribution in [0.15, 0.2) is 46.1 Å². The average Bonchev–Trinajstić information content (AvgIpc) is 2.94. The van der Waals surface area contributed by atoms with Gasteiger partial charge in [0.15, 0.2) is 0 Å². The zero-order valence-electron chi connectivity index (χ0n) is 15.7. The smallest absolute Gasteiger partial charge is 0.361 e. The number of halogens is 3. The van der Waals surface area contributed by atoms with Gasteiger partial charge in [-0.3, -0.25) is 4.79 Å². The van der Waals surface area contributed by atoms with Crippen LogP contribution in [0.2, 0.25) is 0 Å². The van der Waals surface area contributed by atoms with Crippen molar-refractivity contribution in [3.63, 3.8) is 0 Å². The maximum absolute atomic E-state index is 13.0. The van der Waals surface area contributed by atoms with E-state index in [1.54, 1.807) is 6.07 Å². The molecular formula is C19H17F3N4O3S. The average molecular weight is 438 g/mol. The molecule has 4 rings (SSSR count). The van der Waals surface area contributed by atoms with E-state index in [0.29, 0.717) is 6.42 Å². The Kier molecular flexibility index (Phi) is 4.62. The highest BCUT2D eigenvalue weighted by Crippen LogP contribution is 2.35. The van der Waals surface area contributed by atoms with Gasteiger partial charge in [-0.25, -0.2) is 18.5 Å². The monoisotopic (exact) mass is 438 g/mol. The van der Waals surface area contributed by atoms with E-state index in [0.717, 1.165) is 29.4 Å². The van der Waals surface area contributed by atoms with Crippen molar-refractivity contribution in [2.24, 2.45) is 5.14 Å². The molecule has 0 amide bonds. The van der Waals surface area contributed by atoms with E-state index < -0.39 is 27.3 Å². The Morgan fingerprint density at radius 1 is 1.23 bits per heavy atom. The minimum Gasteiger partial charge on any atom is -0.361 e. The van der Waals surface area contributed by atoms with Crippen LogP contribution in [0.5, 0.6) is 0 Å². The molecule has 2 heterocycles. The van der Waals surface area contributed by atoms with E-state index in [4.69, 9.17) is 5.14 Å². The molecule has 0 fully saturated rings. The quantitative estimate of drug-likeness (QED) is 0.653. The van der Waals surface area contributed by atoms with Gasteiger partial charge in [-0.15, -0.1) is 0 Å². The molecule has 1 unspecified atom stereocenters. The summed E-state index contributed by atoms with van der Waals surface area (Å²) >= 11 is 0. The van der Waals surface area contributed by atoms with Gasteiger partial charge in [-0.2, -0.15) is 13.2 Å². The van der Waals surface area contributed by atoms with Crippen molar-refractivity contribution in [3.8, 4) is 0 Å². The second-order valence-corrected chi connectivity index (χ2v) is 8.82. The minimum absolute atomic E-state index is 0.00668. The summed E-state index contributed by atoms with van der Waals surface area (Å²) in [4.78, 5) is 21.1. The molecule has 30 heavy (non-hydrogen) atoms. The van der Waals surface area contributed by atoms with Crippen molar-refractivity contribution in [2.75, 3.05) is 4.90 Å². The summed E-state index contributed by atoms with van der Waals surface area (Å²) in [6, 6.07) is 7.29. The summed E-state index contributed by atoms with van der Waals surface area (Å²) in [5, 5.41) is 5.25. The third kappa shape index (κ3) is 3.65. The number of H-pyrrole nitrogens is 1. The van der Waals surface area contributed by atoms with Gasteiger partial charge in [0, 0.05) is 11.7 Å². The number of primary sulfonamides is 1. The highest BCUT2D eigenvalue weighted by molar-refractivity contribution is 7.89. The number of hydrogen-bond donors (Lipinski definition) is 2. The number of aromatic nitrogens is 2. The molecule has 1 atom stereocenters. The minimum atomic E-state index is -4.54. The zero-order valence-corrected chi connectivity index (χ0v) is 16.5. The Balaban J connectivity index is 1.72. The van der Waals surface area contributed by atoms with E-state index in [1.165, 1.54) is 12.1 Å². The fraction of sp³-hybridized carbons (Fsp3) is 0.263. The van der Waals surface area contributed by atoms with E-state index in [2.05, 4.69) is 9.97 Å². The standard InChI is InChI=1S/C19H17F3N4O3S/c1-10-6-11-7-13(30(23,28)29)3-5-16(11)26(10)9-17-24-15-8-12(19(20,21)22)2-4-14(15)18(27)25-17/h2-5,7-8,10H,6,9H2,1H3,(H2,23,28,29)(H,24,25,27). The lowest BCUT2D eigenvalue weighted by Gasteiger charge is -2.24. The number of sulfonamides is 1. The Labute approximate surface area is 169 Å². The van der Waals surface area contributed by atoms with Crippen molar-refractivity contribution >= 4 is 26.6 Å². The molecule has 0 saturated heterocycles. The summed E-state index contributed by atoms with van der Waals surface area (Å²) < 4.78 is 62.2. The summed E-state index contributed by atoms with van der Waals surface area (Å²) in [7, 11) is -3.83. The molecule has 3 aromatic rings. The van der Waals surface area contributed by atoms with Crippen LogP contribution in [0.4, 0.5) is 18.9 Å². The Hall–Kier alpha value is -2.92. The molecule has 1 aromatic heterocycles. The summed E-state index contributed by atoms with van der Waals surface area (Å²) in [5.41, 5.74) is 0.0771. The number of rotatable bonds is 3. The maximum Gasteiger partial charge on any atom is 0.416 e. The SMILES string of the molecule is CC1Cc2cc(S(N)(=O)=O)ccc2N1Cc1nc2cc(C(F)(F)F)ccc2c(=O)[nH]1. The predicted molar refractivity (Wildman–Crippen MR) is 105 cm³/mol. The molecule has 0 radical (unpaired) electrons. The normalized spacial score (nSPS) is 16.8. The third-order valence-electron chi connectivity index (χ3n) is 5.14. The molecule has 0 bridgehead atoms. The fourth-order valence-electron chi connectivity index (χ4n) is 3.69. The van der Waals surface area contributed by atoms with Crippen molar-refractivity contribution < 1.29 is 21.6 Å². The lowest BCUT2D eigenvalue weighted by molar-refractivity contribution is -0.137. The number of fused-ring (bicyclic) bond motifs is 2.